The number of carboxylic acids is 1. The van der Waals surface area contributed by atoms with Gasteiger partial charge >= 0.3 is 12.0 Å². The predicted octanol–water partition coefficient (Wildman–Crippen LogP) is 1.28. The number of carbonyl (C=O) groups is 2. The first kappa shape index (κ1) is 15.3. The summed E-state index contributed by atoms with van der Waals surface area (Å²) in [4.78, 5) is 29.9. The first-order valence-corrected chi connectivity index (χ1v) is 7.33. The molecule has 1 saturated carbocycles. The molecule has 116 valence electrons. The fourth-order valence-corrected chi connectivity index (χ4v) is 2.72. The van der Waals surface area contributed by atoms with Crippen molar-refractivity contribution in [2.24, 2.45) is 5.92 Å². The molecule has 0 saturated heterocycles. The Morgan fingerprint density at radius 2 is 2.24 bits per heavy atom. The summed E-state index contributed by atoms with van der Waals surface area (Å²) in [5.74, 6) is -0.628. The van der Waals surface area contributed by atoms with Gasteiger partial charge in [-0.05, 0) is 18.8 Å². The second-order valence-corrected chi connectivity index (χ2v) is 5.66. The van der Waals surface area contributed by atoms with E-state index in [1.165, 1.54) is 12.7 Å². The van der Waals surface area contributed by atoms with Gasteiger partial charge in [-0.25, -0.2) is 14.6 Å². The lowest BCUT2D eigenvalue weighted by Gasteiger charge is -2.30. The normalized spacial score (nSPS) is 23.3. The largest absolute Gasteiger partial charge is 0.480 e. The van der Waals surface area contributed by atoms with Crippen molar-refractivity contribution in [3.8, 4) is 0 Å². The second-order valence-electron chi connectivity index (χ2n) is 5.66. The number of carbonyl (C=O) groups excluding carboxylic acids is 1. The summed E-state index contributed by atoms with van der Waals surface area (Å²) in [7, 11) is 0. The molecule has 1 aliphatic carbocycles. The van der Waals surface area contributed by atoms with Crippen molar-refractivity contribution in [1.82, 2.24) is 20.6 Å². The predicted molar refractivity (Wildman–Crippen MR) is 76.8 cm³/mol. The van der Waals surface area contributed by atoms with Crippen LogP contribution in [0.3, 0.4) is 0 Å². The number of nitrogens with one attached hydrogen (secondary N) is 3. The topological polar surface area (TPSA) is 107 Å². The van der Waals surface area contributed by atoms with Gasteiger partial charge in [-0.1, -0.05) is 19.8 Å². The minimum Gasteiger partial charge on any atom is -0.480 e. The number of rotatable bonds is 5. The summed E-state index contributed by atoms with van der Waals surface area (Å²) in [6.07, 6.45) is 7.57. The van der Waals surface area contributed by atoms with E-state index in [0.717, 1.165) is 19.3 Å². The van der Waals surface area contributed by atoms with Crippen molar-refractivity contribution in [2.75, 3.05) is 0 Å². The van der Waals surface area contributed by atoms with Crippen LogP contribution >= 0.6 is 0 Å². The number of hydrogen-bond donors (Lipinski definition) is 4. The first-order valence-electron chi connectivity index (χ1n) is 7.33. The standard InChI is InChI=1S/C14H22N4O3/c1-9-4-2-3-5-11(9)17-14(21)18-12(13(19)20)6-10-7-15-8-16-10/h7-9,11-12H,2-6H2,1H3,(H,15,16)(H,19,20)(H2,17,18,21)/t9?,11?,12-/m0/s1. The number of aromatic amines is 1. The number of imidazole rings is 1. The van der Waals surface area contributed by atoms with Crippen LogP contribution in [0.15, 0.2) is 12.5 Å². The van der Waals surface area contributed by atoms with Crippen molar-refractivity contribution in [3.05, 3.63) is 18.2 Å². The number of nitrogens with zero attached hydrogens (tertiary/aromatic N) is 1. The quantitative estimate of drug-likeness (QED) is 0.656. The van der Waals surface area contributed by atoms with E-state index in [1.807, 2.05) is 0 Å². The Kier molecular flexibility index (Phi) is 5.19. The molecule has 1 aromatic rings. The number of aromatic nitrogens is 2. The summed E-state index contributed by atoms with van der Waals surface area (Å²) in [5.41, 5.74) is 0.675. The lowest BCUT2D eigenvalue weighted by molar-refractivity contribution is -0.139. The zero-order valence-electron chi connectivity index (χ0n) is 12.1. The van der Waals surface area contributed by atoms with Crippen molar-refractivity contribution < 1.29 is 14.7 Å². The molecular weight excluding hydrogens is 272 g/mol. The molecule has 0 aromatic carbocycles. The highest BCUT2D eigenvalue weighted by Gasteiger charge is 2.25. The van der Waals surface area contributed by atoms with Gasteiger partial charge in [0.25, 0.3) is 0 Å². The highest BCUT2D eigenvalue weighted by atomic mass is 16.4. The minimum atomic E-state index is -1.06. The van der Waals surface area contributed by atoms with Crippen LogP contribution in [0, 0.1) is 5.92 Å². The lowest BCUT2D eigenvalue weighted by atomic mass is 9.86. The number of amides is 2. The van der Waals surface area contributed by atoms with Gasteiger partial charge in [-0.2, -0.15) is 0 Å². The van der Waals surface area contributed by atoms with Gasteiger partial charge in [0.1, 0.15) is 6.04 Å². The van der Waals surface area contributed by atoms with E-state index < -0.39 is 18.0 Å². The molecule has 0 radical (unpaired) electrons. The van der Waals surface area contributed by atoms with Crippen LogP contribution in [0.4, 0.5) is 4.79 Å². The zero-order valence-corrected chi connectivity index (χ0v) is 12.1. The van der Waals surface area contributed by atoms with E-state index in [9.17, 15) is 14.7 Å². The van der Waals surface area contributed by atoms with E-state index in [1.54, 1.807) is 6.20 Å². The van der Waals surface area contributed by atoms with Gasteiger partial charge < -0.3 is 20.7 Å². The van der Waals surface area contributed by atoms with Crippen LogP contribution in [0.1, 0.15) is 38.3 Å². The molecule has 2 unspecified atom stereocenters. The van der Waals surface area contributed by atoms with Crippen molar-refractivity contribution in [1.29, 1.82) is 0 Å². The zero-order chi connectivity index (χ0) is 15.2. The fourth-order valence-electron chi connectivity index (χ4n) is 2.72. The molecule has 1 aromatic heterocycles. The Bertz CT molecular complexity index is 475. The maximum Gasteiger partial charge on any atom is 0.326 e. The third kappa shape index (κ3) is 4.47. The Balaban J connectivity index is 1.87. The second kappa shape index (κ2) is 7.10. The monoisotopic (exact) mass is 294 g/mol. The Morgan fingerprint density at radius 3 is 2.86 bits per heavy atom. The number of urea groups is 1. The van der Waals surface area contributed by atoms with E-state index >= 15 is 0 Å². The highest BCUT2D eigenvalue weighted by Crippen LogP contribution is 2.23. The summed E-state index contributed by atoms with van der Waals surface area (Å²) < 4.78 is 0. The molecule has 4 N–H and O–H groups in total. The summed E-state index contributed by atoms with van der Waals surface area (Å²) in [6.45, 7) is 2.11. The maximum atomic E-state index is 12.0. The molecule has 21 heavy (non-hydrogen) atoms. The van der Waals surface area contributed by atoms with Gasteiger partial charge in [0.2, 0.25) is 0 Å². The minimum absolute atomic E-state index is 0.125. The van der Waals surface area contributed by atoms with Crippen molar-refractivity contribution >= 4 is 12.0 Å². The average Bonchev–Trinajstić information content (AvgIpc) is 2.93. The molecule has 1 aliphatic rings. The Hall–Kier alpha value is -2.05. The van der Waals surface area contributed by atoms with Crippen LogP contribution in [0.25, 0.3) is 0 Å². The summed E-state index contributed by atoms with van der Waals surface area (Å²) in [6, 6.07) is -1.26. The fraction of sp³-hybridized carbons (Fsp3) is 0.643. The van der Waals surface area contributed by atoms with Crippen LogP contribution in [-0.4, -0.2) is 39.2 Å². The van der Waals surface area contributed by atoms with E-state index in [-0.39, 0.29) is 12.5 Å². The van der Waals surface area contributed by atoms with E-state index in [0.29, 0.717) is 11.6 Å². The van der Waals surface area contributed by atoms with Crippen LogP contribution in [0.5, 0.6) is 0 Å². The lowest BCUT2D eigenvalue weighted by Crippen LogP contribution is -2.51. The van der Waals surface area contributed by atoms with E-state index in [4.69, 9.17) is 0 Å². The van der Waals surface area contributed by atoms with Crippen LogP contribution in [0.2, 0.25) is 0 Å². The number of carboxylic acid groups (broad SMARTS) is 1. The van der Waals surface area contributed by atoms with E-state index in [2.05, 4.69) is 27.5 Å². The molecule has 3 atom stereocenters. The van der Waals surface area contributed by atoms with Gasteiger partial charge in [0, 0.05) is 24.4 Å². The molecule has 1 heterocycles. The van der Waals surface area contributed by atoms with Crippen molar-refractivity contribution in [3.63, 3.8) is 0 Å². The van der Waals surface area contributed by atoms with Gasteiger partial charge in [0.15, 0.2) is 0 Å². The maximum absolute atomic E-state index is 12.0. The SMILES string of the molecule is CC1CCCCC1NC(=O)N[C@@H](Cc1cnc[nH]1)C(=O)O. The molecular formula is C14H22N4O3. The average molecular weight is 294 g/mol. The first-order chi connectivity index (χ1) is 10.1. The number of aliphatic carboxylic acids is 1. The van der Waals surface area contributed by atoms with Gasteiger partial charge in [0.05, 0.1) is 6.33 Å². The molecule has 2 amide bonds. The molecule has 2 rings (SSSR count). The number of H-pyrrole nitrogens is 1. The molecule has 0 spiro atoms. The van der Waals surface area contributed by atoms with Crippen LogP contribution < -0.4 is 10.6 Å². The Morgan fingerprint density at radius 1 is 1.48 bits per heavy atom. The Labute approximate surface area is 123 Å². The molecule has 0 bridgehead atoms. The summed E-state index contributed by atoms with van der Waals surface area (Å²) >= 11 is 0. The third-order valence-corrected chi connectivity index (χ3v) is 4.01. The van der Waals surface area contributed by atoms with Crippen LogP contribution in [-0.2, 0) is 11.2 Å². The molecule has 0 aliphatic heterocycles. The van der Waals surface area contributed by atoms with Gasteiger partial charge in [-0.3, -0.25) is 0 Å². The highest BCUT2D eigenvalue weighted by molar-refractivity contribution is 5.82. The van der Waals surface area contributed by atoms with Gasteiger partial charge in [-0.15, -0.1) is 0 Å². The summed E-state index contributed by atoms with van der Waals surface area (Å²) in [5, 5.41) is 14.6. The molecule has 7 nitrogen and oxygen atoms in total. The molecule has 7 heteroatoms. The molecule has 1 fully saturated rings. The third-order valence-electron chi connectivity index (χ3n) is 4.01. The smallest absolute Gasteiger partial charge is 0.326 e. The van der Waals surface area contributed by atoms with Crippen molar-refractivity contribution in [2.45, 2.75) is 51.1 Å². The number of hydrogen-bond acceptors (Lipinski definition) is 3.